The van der Waals surface area contributed by atoms with Gasteiger partial charge in [0.25, 0.3) is 5.69 Å². The van der Waals surface area contributed by atoms with Crippen LogP contribution in [-0.4, -0.2) is 99.8 Å². The Morgan fingerprint density at radius 1 is 1.16 bits per heavy atom. The maximum atomic E-state index is 11.4. The first-order valence-corrected chi connectivity index (χ1v) is 11.2. The summed E-state index contributed by atoms with van der Waals surface area (Å²) in [5, 5.41) is 53.8. The van der Waals surface area contributed by atoms with E-state index in [9.17, 15) is 30.5 Å². The molecule has 1 saturated heterocycles. The van der Waals surface area contributed by atoms with E-state index in [0.29, 0.717) is 25.3 Å². The number of hydrogen-bond donors (Lipinski definition) is 5. The summed E-state index contributed by atoms with van der Waals surface area (Å²) in [5.41, 5.74) is 2.58. The van der Waals surface area contributed by atoms with Crippen LogP contribution in [0.3, 0.4) is 0 Å². The van der Waals surface area contributed by atoms with Crippen molar-refractivity contribution >= 4 is 11.4 Å². The lowest BCUT2D eigenvalue weighted by atomic mass is 9.94. The van der Waals surface area contributed by atoms with Crippen molar-refractivity contribution in [1.29, 1.82) is 0 Å². The zero-order chi connectivity index (χ0) is 23.8. The number of rotatable bonds is 12. The molecule has 1 aliphatic heterocycles. The van der Waals surface area contributed by atoms with Gasteiger partial charge in [-0.1, -0.05) is 12.8 Å². The van der Waals surface area contributed by atoms with E-state index < -0.39 is 24.4 Å². The lowest BCUT2D eigenvalue weighted by molar-refractivity contribution is -0.384. The van der Waals surface area contributed by atoms with E-state index in [-0.39, 0.29) is 23.8 Å². The van der Waals surface area contributed by atoms with Crippen LogP contribution in [0.1, 0.15) is 36.8 Å². The van der Waals surface area contributed by atoms with Gasteiger partial charge in [0.15, 0.2) is 0 Å². The van der Waals surface area contributed by atoms with Gasteiger partial charge in [-0.25, -0.2) is 0 Å². The summed E-state index contributed by atoms with van der Waals surface area (Å²) >= 11 is 0. The second kappa shape index (κ2) is 12.4. The third-order valence-electron chi connectivity index (χ3n) is 6.04. The molecule has 2 rings (SSSR count). The highest BCUT2D eigenvalue weighted by molar-refractivity contribution is 5.64. The molecule has 0 aliphatic carbocycles. The molecule has 0 aromatic heterocycles. The van der Waals surface area contributed by atoms with Gasteiger partial charge in [-0.3, -0.25) is 15.0 Å². The molecule has 182 valence electrons. The predicted octanol–water partition coefficient (Wildman–Crippen LogP) is 0.696. The lowest BCUT2D eigenvalue weighted by Gasteiger charge is -2.43. The second-order valence-electron chi connectivity index (χ2n) is 8.93. The Kier molecular flexibility index (Phi) is 10.3. The van der Waals surface area contributed by atoms with Gasteiger partial charge < -0.3 is 30.6 Å². The van der Waals surface area contributed by atoms with Gasteiger partial charge in [0.1, 0.15) is 17.9 Å². The number of benzene rings is 1. The number of aryl methyl sites for hydroxylation is 1. The summed E-state index contributed by atoms with van der Waals surface area (Å²) in [4.78, 5) is 14.9. The highest BCUT2D eigenvalue weighted by Gasteiger charge is 2.40. The van der Waals surface area contributed by atoms with Crippen molar-refractivity contribution in [3.8, 4) is 0 Å². The van der Waals surface area contributed by atoms with Crippen LogP contribution >= 0.6 is 0 Å². The Bertz CT molecular complexity index is 747. The van der Waals surface area contributed by atoms with Crippen LogP contribution in [-0.2, 0) is 6.54 Å². The molecule has 0 bridgehead atoms. The van der Waals surface area contributed by atoms with Gasteiger partial charge in [0.2, 0.25) is 0 Å². The minimum atomic E-state index is -1.24. The number of nitro groups is 1. The van der Waals surface area contributed by atoms with Gasteiger partial charge in [0, 0.05) is 25.7 Å². The zero-order valence-corrected chi connectivity index (χ0v) is 19.3. The maximum Gasteiger partial charge on any atom is 0.292 e. The molecule has 0 amide bonds. The van der Waals surface area contributed by atoms with Crippen molar-refractivity contribution in [3.05, 3.63) is 33.4 Å². The van der Waals surface area contributed by atoms with Crippen molar-refractivity contribution in [1.82, 2.24) is 9.80 Å². The van der Waals surface area contributed by atoms with E-state index in [2.05, 4.69) is 5.32 Å². The number of nitro benzene ring substituents is 1. The summed E-state index contributed by atoms with van der Waals surface area (Å²) in [6.45, 7) is 3.77. The number of nitrogens with one attached hydrogen (secondary N) is 1. The van der Waals surface area contributed by atoms with E-state index >= 15 is 0 Å². The molecule has 0 unspecified atom stereocenters. The number of β-amino-alcohol motifs (C(OH)–C–C–N with tert-alkyl or cyclic N) is 1. The standard InChI is InChI=1S/C22H38N4O6/c1-15-10-18(26(31)32)17(11-16(15)12-24(2)3)23-8-6-4-5-7-9-25-13-20(28)22(30)21(29)19(25)14-27/h10-11,19-23,27-30H,4-9,12-14H2,1-3H3/t19-,20+,21-,22-/m1/s1. The average molecular weight is 455 g/mol. The fraction of sp³-hybridized carbons (Fsp3) is 0.727. The number of aliphatic hydroxyl groups excluding tert-OH is 4. The average Bonchev–Trinajstić information content (AvgIpc) is 2.72. The lowest BCUT2D eigenvalue weighted by Crippen LogP contribution is -2.62. The smallest absolute Gasteiger partial charge is 0.292 e. The largest absolute Gasteiger partial charge is 0.395 e. The van der Waals surface area contributed by atoms with E-state index in [4.69, 9.17) is 0 Å². The molecule has 1 aromatic carbocycles. The Hall–Kier alpha value is -1.82. The molecular formula is C22H38N4O6. The van der Waals surface area contributed by atoms with Crippen LogP contribution in [0.15, 0.2) is 12.1 Å². The quantitative estimate of drug-likeness (QED) is 0.175. The van der Waals surface area contributed by atoms with E-state index in [1.807, 2.05) is 36.9 Å². The van der Waals surface area contributed by atoms with Crippen molar-refractivity contribution in [2.75, 3.05) is 45.7 Å². The summed E-state index contributed by atoms with van der Waals surface area (Å²) in [6, 6.07) is 2.91. The molecule has 10 heteroatoms. The van der Waals surface area contributed by atoms with Crippen LogP contribution in [0.4, 0.5) is 11.4 Å². The van der Waals surface area contributed by atoms with Crippen molar-refractivity contribution in [2.45, 2.75) is 63.5 Å². The Labute approximate surface area is 189 Å². The first-order valence-electron chi connectivity index (χ1n) is 11.2. The molecule has 0 spiro atoms. The monoisotopic (exact) mass is 454 g/mol. The Morgan fingerprint density at radius 3 is 2.47 bits per heavy atom. The predicted molar refractivity (Wildman–Crippen MR) is 123 cm³/mol. The highest BCUT2D eigenvalue weighted by Crippen LogP contribution is 2.29. The molecule has 0 saturated carbocycles. The van der Waals surface area contributed by atoms with Crippen molar-refractivity contribution < 1.29 is 25.3 Å². The van der Waals surface area contributed by atoms with Crippen LogP contribution < -0.4 is 5.32 Å². The summed E-state index contributed by atoms with van der Waals surface area (Å²) in [6.07, 6.45) is 0.0644. The number of nitrogens with zero attached hydrogens (tertiary/aromatic N) is 3. The topological polar surface area (TPSA) is 143 Å². The van der Waals surface area contributed by atoms with E-state index in [1.165, 1.54) is 0 Å². The van der Waals surface area contributed by atoms with Crippen LogP contribution in [0, 0.1) is 17.0 Å². The van der Waals surface area contributed by atoms with Crippen LogP contribution in [0.5, 0.6) is 0 Å². The van der Waals surface area contributed by atoms with Crippen LogP contribution in [0.2, 0.25) is 0 Å². The van der Waals surface area contributed by atoms with Gasteiger partial charge in [-0.15, -0.1) is 0 Å². The number of unbranched alkanes of at least 4 members (excludes halogenated alkanes) is 3. The molecule has 1 heterocycles. The minimum Gasteiger partial charge on any atom is -0.395 e. The number of piperidine rings is 1. The number of likely N-dealkylation sites (tertiary alicyclic amines) is 1. The highest BCUT2D eigenvalue weighted by atomic mass is 16.6. The Morgan fingerprint density at radius 2 is 1.84 bits per heavy atom. The van der Waals surface area contributed by atoms with E-state index in [0.717, 1.165) is 36.8 Å². The van der Waals surface area contributed by atoms with Gasteiger partial charge in [-0.2, -0.15) is 0 Å². The molecule has 32 heavy (non-hydrogen) atoms. The first kappa shape index (κ1) is 26.4. The minimum absolute atomic E-state index is 0.0875. The molecule has 4 atom stereocenters. The second-order valence-corrected chi connectivity index (χ2v) is 8.93. The third-order valence-corrected chi connectivity index (χ3v) is 6.04. The van der Waals surface area contributed by atoms with Gasteiger partial charge in [-0.05, 0) is 57.6 Å². The number of aliphatic hydroxyl groups is 4. The summed E-state index contributed by atoms with van der Waals surface area (Å²) in [7, 11) is 3.92. The molecule has 5 N–H and O–H groups in total. The fourth-order valence-electron chi connectivity index (χ4n) is 4.19. The summed E-state index contributed by atoms with van der Waals surface area (Å²) < 4.78 is 0. The maximum absolute atomic E-state index is 11.4. The van der Waals surface area contributed by atoms with E-state index in [1.54, 1.807) is 6.07 Å². The fourth-order valence-corrected chi connectivity index (χ4v) is 4.19. The normalized spacial score (nSPS) is 24.1. The molecule has 1 aromatic rings. The number of hydrogen-bond acceptors (Lipinski definition) is 9. The van der Waals surface area contributed by atoms with Crippen molar-refractivity contribution in [2.24, 2.45) is 0 Å². The van der Waals surface area contributed by atoms with Crippen LogP contribution in [0.25, 0.3) is 0 Å². The number of anilines is 1. The SMILES string of the molecule is Cc1cc([N+](=O)[O-])c(NCCCCCCN2C[C@H](O)[C@@H](O)[C@H](O)[C@H]2CO)cc1CN(C)C. The van der Waals surface area contributed by atoms with Gasteiger partial charge in [0.05, 0.1) is 23.7 Å². The van der Waals surface area contributed by atoms with Crippen molar-refractivity contribution in [3.63, 3.8) is 0 Å². The molecule has 1 fully saturated rings. The Balaban J connectivity index is 1.78. The zero-order valence-electron chi connectivity index (χ0n) is 19.3. The summed E-state index contributed by atoms with van der Waals surface area (Å²) in [5.74, 6) is 0. The van der Waals surface area contributed by atoms with Gasteiger partial charge >= 0.3 is 0 Å². The third kappa shape index (κ3) is 7.09. The molecule has 10 nitrogen and oxygen atoms in total. The molecular weight excluding hydrogens is 416 g/mol. The first-order chi connectivity index (χ1) is 15.1. The molecule has 1 aliphatic rings. The molecule has 0 radical (unpaired) electrons.